The Hall–Kier alpha value is -2.82. The second-order valence-corrected chi connectivity index (χ2v) is 7.73. The van der Waals surface area contributed by atoms with Crippen LogP contribution in [0.2, 0.25) is 0 Å². The molecule has 1 aromatic carbocycles. The number of benzene rings is 1. The Morgan fingerprint density at radius 2 is 1.76 bits per heavy atom. The summed E-state index contributed by atoms with van der Waals surface area (Å²) >= 11 is 0. The molecule has 0 bridgehead atoms. The lowest BCUT2D eigenvalue weighted by Crippen LogP contribution is -2.25. The van der Waals surface area contributed by atoms with Crippen molar-refractivity contribution in [1.82, 2.24) is 25.4 Å². The summed E-state index contributed by atoms with van der Waals surface area (Å²) in [6.45, 7) is 6.54. The van der Waals surface area contributed by atoms with Crippen molar-refractivity contribution in [3.05, 3.63) is 47.4 Å². The molecule has 0 radical (unpaired) electrons. The number of H-pyrrole nitrogens is 1. The van der Waals surface area contributed by atoms with E-state index in [1.807, 2.05) is 25.1 Å². The van der Waals surface area contributed by atoms with E-state index in [2.05, 4.69) is 41.3 Å². The van der Waals surface area contributed by atoms with Gasteiger partial charge in [-0.2, -0.15) is 10.2 Å². The van der Waals surface area contributed by atoms with Crippen LogP contribution >= 0.6 is 0 Å². The van der Waals surface area contributed by atoms with Crippen LogP contribution in [0.3, 0.4) is 0 Å². The molecule has 1 aliphatic carbocycles. The quantitative estimate of drug-likeness (QED) is 0.573. The number of rotatable bonds is 1. The second kappa shape index (κ2) is 4.85. The number of aryl methyl sites for hydroxylation is 1. The fourth-order valence-electron chi connectivity index (χ4n) is 4.06. The van der Waals surface area contributed by atoms with Crippen LogP contribution < -0.4 is 0 Å². The molecular formula is C20H19N5. The van der Waals surface area contributed by atoms with Crippen LogP contribution in [-0.2, 0) is 12.8 Å². The summed E-state index contributed by atoms with van der Waals surface area (Å²) in [5, 5.41) is 20.1. The van der Waals surface area contributed by atoms with E-state index in [1.165, 1.54) is 5.39 Å². The fraction of sp³-hybridized carbons (Fsp3) is 0.300. The molecule has 4 aromatic rings. The molecule has 3 heterocycles. The maximum absolute atomic E-state index is 4.86. The maximum atomic E-state index is 4.86. The van der Waals surface area contributed by atoms with E-state index in [4.69, 9.17) is 10.1 Å². The number of aromatic nitrogens is 5. The molecule has 5 nitrogen and oxygen atoms in total. The lowest BCUT2D eigenvalue weighted by molar-refractivity contribution is 0.346. The Balaban J connectivity index is 1.98. The number of hydrogen-bond acceptors (Lipinski definition) is 4. The van der Waals surface area contributed by atoms with Crippen molar-refractivity contribution >= 4 is 21.8 Å². The molecule has 0 saturated carbocycles. The highest BCUT2D eigenvalue weighted by Gasteiger charge is 2.31. The van der Waals surface area contributed by atoms with E-state index in [9.17, 15) is 0 Å². The van der Waals surface area contributed by atoms with Gasteiger partial charge in [-0.05, 0) is 25.2 Å². The van der Waals surface area contributed by atoms with Crippen molar-refractivity contribution in [1.29, 1.82) is 0 Å². The van der Waals surface area contributed by atoms with Crippen LogP contribution in [0.15, 0.2) is 30.3 Å². The number of hydrogen-bond donors (Lipinski definition) is 1. The molecule has 1 aliphatic rings. The predicted molar refractivity (Wildman–Crippen MR) is 98.3 cm³/mol. The first kappa shape index (κ1) is 14.5. The zero-order chi connectivity index (χ0) is 17.2. The molecule has 0 atom stereocenters. The number of nitrogens with zero attached hydrogens (tertiary/aromatic N) is 4. The summed E-state index contributed by atoms with van der Waals surface area (Å²) < 4.78 is 0. The molecule has 0 spiro atoms. The summed E-state index contributed by atoms with van der Waals surface area (Å²) in [7, 11) is 0. The van der Waals surface area contributed by atoms with Crippen LogP contribution in [0.4, 0.5) is 0 Å². The van der Waals surface area contributed by atoms with Crippen LogP contribution in [-0.4, -0.2) is 25.4 Å². The predicted octanol–water partition coefficient (Wildman–Crippen LogP) is 4.00. The number of pyridine rings is 1. The molecule has 5 rings (SSSR count). The van der Waals surface area contributed by atoms with Crippen LogP contribution in [0.1, 0.15) is 30.9 Å². The van der Waals surface area contributed by atoms with Crippen molar-refractivity contribution < 1.29 is 0 Å². The van der Waals surface area contributed by atoms with Gasteiger partial charge in [0.2, 0.25) is 0 Å². The van der Waals surface area contributed by atoms with E-state index in [0.29, 0.717) is 0 Å². The Morgan fingerprint density at radius 3 is 2.56 bits per heavy atom. The largest absolute Gasteiger partial charge is 0.281 e. The Labute approximate surface area is 145 Å². The van der Waals surface area contributed by atoms with Crippen molar-refractivity contribution in [3.8, 4) is 11.3 Å². The van der Waals surface area contributed by atoms with Gasteiger partial charge in [0.15, 0.2) is 5.65 Å². The maximum Gasteiger partial charge on any atom is 0.184 e. The van der Waals surface area contributed by atoms with Crippen LogP contribution in [0.25, 0.3) is 33.1 Å². The monoisotopic (exact) mass is 329 g/mol. The number of aromatic amines is 1. The first-order valence-corrected chi connectivity index (χ1v) is 8.62. The van der Waals surface area contributed by atoms with E-state index in [1.54, 1.807) is 0 Å². The minimum atomic E-state index is 0.155. The molecule has 0 saturated heterocycles. The van der Waals surface area contributed by atoms with Crippen LogP contribution in [0.5, 0.6) is 0 Å². The van der Waals surface area contributed by atoms with E-state index in [-0.39, 0.29) is 5.41 Å². The van der Waals surface area contributed by atoms with Gasteiger partial charge in [0, 0.05) is 22.0 Å². The smallest absolute Gasteiger partial charge is 0.184 e. The van der Waals surface area contributed by atoms with Gasteiger partial charge >= 0.3 is 0 Å². The number of fused-ring (bicyclic) bond motifs is 2. The zero-order valence-electron chi connectivity index (χ0n) is 14.6. The highest BCUT2D eigenvalue weighted by molar-refractivity contribution is 6.13. The summed E-state index contributed by atoms with van der Waals surface area (Å²) in [5.74, 6) is 0. The van der Waals surface area contributed by atoms with Crippen molar-refractivity contribution in [3.63, 3.8) is 0 Å². The minimum absolute atomic E-state index is 0.155. The van der Waals surface area contributed by atoms with Gasteiger partial charge in [-0.3, -0.25) is 5.10 Å². The molecule has 0 fully saturated rings. The topological polar surface area (TPSA) is 67.3 Å². The van der Waals surface area contributed by atoms with Gasteiger partial charge in [0.1, 0.15) is 0 Å². The molecule has 3 aromatic heterocycles. The molecule has 1 N–H and O–H groups in total. The van der Waals surface area contributed by atoms with E-state index < -0.39 is 0 Å². The van der Waals surface area contributed by atoms with E-state index >= 15 is 0 Å². The Morgan fingerprint density at radius 1 is 0.960 bits per heavy atom. The molecule has 0 aliphatic heterocycles. The third kappa shape index (κ3) is 2.08. The first-order chi connectivity index (χ1) is 12.0. The molecule has 5 heteroatoms. The van der Waals surface area contributed by atoms with Gasteiger partial charge in [0.05, 0.1) is 22.5 Å². The lowest BCUT2D eigenvalue weighted by Gasteiger charge is -2.30. The summed E-state index contributed by atoms with van der Waals surface area (Å²) in [5.41, 5.74) is 6.10. The normalized spacial score (nSPS) is 15.8. The average Bonchev–Trinajstić information content (AvgIpc) is 2.95. The Bertz CT molecular complexity index is 1130. The number of nitrogens with one attached hydrogen (secondary N) is 1. The fourth-order valence-corrected chi connectivity index (χ4v) is 4.06. The zero-order valence-corrected chi connectivity index (χ0v) is 14.6. The third-order valence-electron chi connectivity index (χ3n) is 5.10. The summed E-state index contributed by atoms with van der Waals surface area (Å²) in [6.07, 6.45) is 1.90. The summed E-state index contributed by atoms with van der Waals surface area (Å²) in [6, 6.07) is 10.3. The first-order valence-electron chi connectivity index (χ1n) is 8.62. The van der Waals surface area contributed by atoms with Gasteiger partial charge in [-0.25, -0.2) is 4.98 Å². The van der Waals surface area contributed by atoms with Crippen molar-refractivity contribution in [2.45, 2.75) is 33.6 Å². The summed E-state index contributed by atoms with van der Waals surface area (Å²) in [4.78, 5) is 4.86. The van der Waals surface area contributed by atoms with Gasteiger partial charge < -0.3 is 0 Å². The Kier molecular flexibility index (Phi) is 2.82. The highest BCUT2D eigenvalue weighted by Crippen LogP contribution is 2.42. The van der Waals surface area contributed by atoms with Gasteiger partial charge in [0.25, 0.3) is 0 Å². The SMILES string of the molecule is Cc1nnc2nc3c4c([nH]nc(-c5ccccc5)c4c12)CC(C)(C)C3. The van der Waals surface area contributed by atoms with Crippen molar-refractivity contribution in [2.75, 3.05) is 0 Å². The van der Waals surface area contributed by atoms with Gasteiger partial charge in [-0.1, -0.05) is 44.2 Å². The van der Waals surface area contributed by atoms with E-state index in [0.717, 1.165) is 57.6 Å². The van der Waals surface area contributed by atoms with Gasteiger partial charge in [-0.15, -0.1) is 5.10 Å². The minimum Gasteiger partial charge on any atom is -0.281 e. The molecular weight excluding hydrogens is 310 g/mol. The lowest BCUT2D eigenvalue weighted by atomic mass is 9.76. The average molecular weight is 329 g/mol. The molecule has 124 valence electrons. The third-order valence-corrected chi connectivity index (χ3v) is 5.10. The van der Waals surface area contributed by atoms with Crippen molar-refractivity contribution in [2.24, 2.45) is 5.41 Å². The molecule has 25 heavy (non-hydrogen) atoms. The standard InChI is InChI=1S/C20H19N5/c1-11-15-17-16-13(21-19(15)25-22-11)9-20(2,3)10-14(16)23-24-18(17)12-7-5-4-6-8-12/h4-8,23H,9-10H2,1-3H3. The molecule has 0 unspecified atom stereocenters. The highest BCUT2D eigenvalue weighted by atomic mass is 15.2. The second-order valence-electron chi connectivity index (χ2n) is 7.73. The van der Waals surface area contributed by atoms with Crippen LogP contribution in [0, 0.1) is 12.3 Å². The molecule has 0 amide bonds.